The monoisotopic (exact) mass is 1690 g/mol. The zero-order valence-electron chi connectivity index (χ0n) is 70.2. The summed E-state index contributed by atoms with van der Waals surface area (Å²) in [6.07, 6.45) is 6.92. The number of benzene rings is 10. The number of halogens is 1. The first-order valence-corrected chi connectivity index (χ1v) is 42.5. The highest BCUT2D eigenvalue weighted by atomic mass is 32.2. The normalized spacial score (nSPS) is 12.1. The molecule has 15 rings (SSSR count). The average Bonchev–Trinajstić information content (AvgIpc) is 1.63. The highest BCUT2D eigenvalue weighted by Crippen LogP contribution is 2.41. The van der Waals surface area contributed by atoms with Crippen molar-refractivity contribution < 1.29 is 69.3 Å². The predicted octanol–water partition coefficient (Wildman–Crippen LogP) is 19.4. The van der Waals surface area contributed by atoms with E-state index < -0.39 is 39.7 Å². The number of aromatic nitrogens is 4. The molecule has 2 unspecified atom stereocenters. The van der Waals surface area contributed by atoms with Crippen LogP contribution in [0.1, 0.15) is 81.4 Å². The summed E-state index contributed by atoms with van der Waals surface area (Å²) >= 11 is 0. The molecular formula is C99H98FN9O14S. The van der Waals surface area contributed by atoms with Crippen LogP contribution in [0, 0.1) is 18.7 Å². The number of ether oxygens (including phenoxy) is 4. The second-order valence-corrected chi connectivity index (χ2v) is 31.7. The molecule has 636 valence electrons. The molecule has 10 aromatic carbocycles. The highest BCUT2D eigenvalue weighted by Gasteiger charge is 2.39. The number of carbonyl (C=O) groups is 4. The lowest BCUT2D eigenvalue weighted by Gasteiger charge is -2.28. The Balaban J connectivity index is 0.000000152. The van der Waals surface area contributed by atoms with Crippen molar-refractivity contribution in [2.75, 3.05) is 63.0 Å². The number of methoxy groups -OCH3 is 1. The van der Waals surface area contributed by atoms with E-state index in [9.17, 15) is 37.1 Å². The van der Waals surface area contributed by atoms with E-state index in [1.807, 2.05) is 214 Å². The number of aryl methyl sites for hydroxylation is 1. The largest absolute Gasteiger partial charge is 0.491 e. The van der Waals surface area contributed by atoms with E-state index in [-0.39, 0.29) is 49.1 Å². The number of carboxylic acids is 1. The Morgan fingerprint density at radius 2 is 1.22 bits per heavy atom. The van der Waals surface area contributed by atoms with Crippen LogP contribution < -0.4 is 29.7 Å². The number of amides is 1. The Morgan fingerprint density at radius 1 is 0.605 bits per heavy atom. The van der Waals surface area contributed by atoms with Gasteiger partial charge in [-0.15, -0.1) is 0 Å². The molecule has 2 atom stereocenters. The highest BCUT2D eigenvalue weighted by molar-refractivity contribution is 7.89. The molecule has 1 aliphatic rings. The van der Waals surface area contributed by atoms with E-state index in [4.69, 9.17) is 47.2 Å². The summed E-state index contributed by atoms with van der Waals surface area (Å²) < 4.78 is 76.7. The third-order valence-corrected chi connectivity index (χ3v) is 20.2. The SMILES string of the molecule is CC(=O)COc1cccc(-c2ocnc2-c2nc(-c3ccccc3)c(-c3ccccc3)o2)c1.CC(C)N(CCCCOCC(=O)NS(C)(=O)=O)c1cnc(-c2ccccc2)c(-c2ccccc2)n1.CC(C)Oc1ccc(Cc2ccc(NC3=NCCN3)cc2)cc1.COC(=O)C(c1cc2cc(-c3ccc(F)cc3)ccc2o1)C(Cc1ccc(C)cc1)C(=O)O. The molecule has 0 radical (unpaired) electrons. The number of carboxylic acid groups (broad SMARTS) is 1. The minimum absolute atomic E-state index is 0.00727. The number of fused-ring (bicyclic) bond motifs is 1. The summed E-state index contributed by atoms with van der Waals surface area (Å²) in [4.78, 5) is 73.3. The number of unbranched alkanes of at least 4 members (excludes halogenated alkanes) is 1. The van der Waals surface area contributed by atoms with E-state index >= 15 is 0 Å². The third-order valence-electron chi connectivity index (χ3n) is 19.6. The molecule has 0 saturated carbocycles. The third kappa shape index (κ3) is 25.5. The molecule has 1 amide bonds. The van der Waals surface area contributed by atoms with Crippen molar-refractivity contribution in [2.24, 2.45) is 10.9 Å². The molecule has 0 fully saturated rings. The first-order chi connectivity index (χ1) is 60.0. The van der Waals surface area contributed by atoms with Gasteiger partial charge in [-0.25, -0.2) is 27.8 Å². The first kappa shape index (κ1) is 89.1. The number of hydrogen-bond donors (Lipinski definition) is 4. The zero-order chi connectivity index (χ0) is 87.5. The number of hydrogen-bond acceptors (Lipinski definition) is 21. The molecule has 124 heavy (non-hydrogen) atoms. The van der Waals surface area contributed by atoms with Gasteiger partial charge in [0.1, 0.15) is 59.3 Å². The number of anilines is 2. The molecule has 0 aliphatic carbocycles. The zero-order valence-corrected chi connectivity index (χ0v) is 71.0. The van der Waals surface area contributed by atoms with Gasteiger partial charge < -0.3 is 52.8 Å². The molecule has 0 saturated heterocycles. The summed E-state index contributed by atoms with van der Waals surface area (Å²) in [7, 11) is -2.33. The summed E-state index contributed by atoms with van der Waals surface area (Å²) in [5, 5.41) is 17.2. The van der Waals surface area contributed by atoms with E-state index in [2.05, 4.69) is 75.8 Å². The van der Waals surface area contributed by atoms with E-state index in [1.165, 1.54) is 43.7 Å². The van der Waals surface area contributed by atoms with Gasteiger partial charge in [-0.3, -0.25) is 33.9 Å². The van der Waals surface area contributed by atoms with Gasteiger partial charge in [-0.05, 0) is 162 Å². The van der Waals surface area contributed by atoms with Crippen molar-refractivity contribution >= 4 is 62.1 Å². The molecule has 0 spiro atoms. The molecule has 4 aromatic heterocycles. The summed E-state index contributed by atoms with van der Waals surface area (Å²) in [5.74, 6) is -0.128. The lowest BCUT2D eigenvalue weighted by molar-refractivity contribution is -0.152. The molecule has 5 heterocycles. The molecule has 0 bridgehead atoms. The summed E-state index contributed by atoms with van der Waals surface area (Å²) in [5.41, 5.74) is 15.2. The van der Waals surface area contributed by atoms with Crippen LogP contribution in [0.2, 0.25) is 0 Å². The molecule has 25 heteroatoms. The van der Waals surface area contributed by atoms with Crippen LogP contribution in [0.15, 0.2) is 298 Å². The van der Waals surface area contributed by atoms with Gasteiger partial charge in [-0.1, -0.05) is 206 Å². The maximum absolute atomic E-state index is 13.3. The van der Waals surface area contributed by atoms with Gasteiger partial charge in [0.2, 0.25) is 15.9 Å². The number of nitrogens with zero attached hydrogens (tertiary/aromatic N) is 6. The fraction of sp³-hybridized carbons (Fsp3) is 0.222. The van der Waals surface area contributed by atoms with Crippen molar-refractivity contribution in [2.45, 2.75) is 85.3 Å². The fourth-order valence-corrected chi connectivity index (χ4v) is 14.1. The fourth-order valence-electron chi connectivity index (χ4n) is 13.6. The standard InChI is InChI=1S/C27H23FO5.C27H20N2O4.C26H32N4O4S.C19H23N3O/c1-16-3-5-17(6-4-16)13-22(26(29)30)25(27(31)32-2)24-15-20-14-19(9-12-23(20)33-24)18-7-10-21(28)11-8-18;1-18(30)16-31-22-14-8-13-21(15-22)25-24(28-17-32-25)27-29-23(19-9-4-2-5-10-19)26(33-27)20-11-6-3-7-12-20;1-20(2)30(16-10-11-17-34-19-24(31)29-35(3,32)33)23-18-27-25(21-12-6-4-7-13-21)26(28-23)22-14-8-5-9-15-22;1-14(2)23-18-9-5-16(6-10-18)13-15-3-7-17(8-4-15)22-19-20-11-12-21-19/h3-12,14-15,22,25H,13H2,1-2H3,(H,29,30);2-15,17H,16H2,1H3;4-9,12-15,18,20H,10-11,16-17,19H2,1-3H3,(H,29,31);3-10,14H,11-13H2,1-2H3,(H2,20,21,22). The van der Waals surface area contributed by atoms with E-state index in [0.717, 1.165) is 136 Å². The van der Waals surface area contributed by atoms with Gasteiger partial charge in [0.15, 0.2) is 35.4 Å². The van der Waals surface area contributed by atoms with Crippen LogP contribution in [0.5, 0.6) is 11.5 Å². The Labute approximate surface area is 720 Å². The van der Waals surface area contributed by atoms with Crippen molar-refractivity contribution in [3.8, 4) is 90.6 Å². The number of ketones is 1. The average molecular weight is 1690 g/mol. The number of rotatable bonds is 31. The number of guanidine groups is 1. The summed E-state index contributed by atoms with van der Waals surface area (Å²) in [6, 6.07) is 84.9. The van der Waals surface area contributed by atoms with Gasteiger partial charge >= 0.3 is 11.9 Å². The smallest absolute Gasteiger partial charge is 0.317 e. The number of carbonyl (C=O) groups excluding carboxylic acids is 3. The van der Waals surface area contributed by atoms with Gasteiger partial charge in [-0.2, -0.15) is 0 Å². The van der Waals surface area contributed by atoms with Crippen molar-refractivity contribution in [1.29, 1.82) is 0 Å². The predicted molar refractivity (Wildman–Crippen MR) is 481 cm³/mol. The minimum Gasteiger partial charge on any atom is -0.491 e. The van der Waals surface area contributed by atoms with E-state index in [1.54, 1.807) is 36.4 Å². The Morgan fingerprint density at radius 3 is 1.82 bits per heavy atom. The van der Waals surface area contributed by atoms with Crippen LogP contribution in [-0.4, -0.2) is 128 Å². The second kappa shape index (κ2) is 43.4. The first-order valence-electron chi connectivity index (χ1n) is 40.6. The lowest BCUT2D eigenvalue weighted by Crippen LogP contribution is -2.33. The topological polar surface area (TPSA) is 302 Å². The number of oxazole rings is 2. The van der Waals surface area contributed by atoms with Crippen molar-refractivity contribution in [3.63, 3.8) is 0 Å². The van der Waals surface area contributed by atoms with Crippen molar-refractivity contribution in [1.82, 2.24) is 30.0 Å². The van der Waals surface area contributed by atoms with Crippen LogP contribution in [-0.2, 0) is 51.5 Å². The van der Waals surface area contributed by atoms with Crippen LogP contribution >= 0.6 is 0 Å². The lowest BCUT2D eigenvalue weighted by atomic mass is 9.84. The van der Waals surface area contributed by atoms with Crippen LogP contribution in [0.3, 0.4) is 0 Å². The molecule has 23 nitrogen and oxygen atoms in total. The van der Waals surface area contributed by atoms with E-state index in [0.29, 0.717) is 46.4 Å². The maximum atomic E-state index is 13.3. The number of aliphatic imine (C=N–C) groups is 1. The van der Waals surface area contributed by atoms with Gasteiger partial charge in [0, 0.05) is 64.6 Å². The van der Waals surface area contributed by atoms with Crippen LogP contribution in [0.25, 0.3) is 90.1 Å². The minimum atomic E-state index is -3.57. The molecule has 14 aromatic rings. The summed E-state index contributed by atoms with van der Waals surface area (Å²) in [6.45, 7) is 14.3. The molecule has 4 N–H and O–H groups in total. The second-order valence-electron chi connectivity index (χ2n) is 30.0. The van der Waals surface area contributed by atoms with Gasteiger partial charge in [0.05, 0.1) is 49.5 Å². The number of nitrogens with one attached hydrogen (secondary N) is 3. The Kier molecular flexibility index (Phi) is 31.2. The molecule has 1 aliphatic heterocycles. The number of esters is 1. The number of sulfonamides is 1. The quantitative estimate of drug-likeness (QED) is 0.0232. The molecular weight excluding hydrogens is 1590 g/mol. The Bertz CT molecular complexity index is 5940. The Hall–Kier alpha value is -14.2. The number of furan rings is 1. The number of Topliss-reactive ketones (excluding diaryl/α,β-unsaturated/α-hetero) is 1. The maximum Gasteiger partial charge on any atom is 0.317 e. The number of aliphatic carboxylic acids is 1. The van der Waals surface area contributed by atoms with Gasteiger partial charge in [0.25, 0.3) is 5.91 Å². The van der Waals surface area contributed by atoms with Crippen LogP contribution in [0.4, 0.5) is 15.9 Å². The van der Waals surface area contributed by atoms with Crippen molar-refractivity contribution in [3.05, 3.63) is 313 Å².